The number of allylic oxidation sites excluding steroid dienone is 2. The second kappa shape index (κ2) is 5.95. The summed E-state index contributed by atoms with van der Waals surface area (Å²) in [5.74, 6) is 0.599. The minimum atomic E-state index is 0.164. The summed E-state index contributed by atoms with van der Waals surface area (Å²) in [6.07, 6.45) is 9.69. The van der Waals surface area contributed by atoms with Gasteiger partial charge in [-0.1, -0.05) is 18.2 Å². The monoisotopic (exact) mass is 182 g/mol. The molecule has 0 bridgehead atoms. The third kappa shape index (κ3) is 3.75. The molecule has 0 spiro atoms. The van der Waals surface area contributed by atoms with Crippen LogP contribution in [0.5, 0.6) is 0 Å². The predicted octanol–water partition coefficient (Wildman–Crippen LogP) is 1.91. The van der Waals surface area contributed by atoms with E-state index in [0.717, 1.165) is 31.4 Å². The standard InChI is InChI=1S/C11H18O2/c1-13-7-3-6-10-4-2-5-11(8-10)9-12/h2,5,8,10,12H,3-4,6-7,9H2,1H3. The largest absolute Gasteiger partial charge is 0.392 e. The Morgan fingerprint density at radius 3 is 3.15 bits per heavy atom. The second-order valence-corrected chi connectivity index (χ2v) is 3.43. The summed E-state index contributed by atoms with van der Waals surface area (Å²) in [5, 5.41) is 8.94. The molecule has 0 radical (unpaired) electrons. The van der Waals surface area contributed by atoms with E-state index in [1.54, 1.807) is 7.11 Å². The lowest BCUT2D eigenvalue weighted by molar-refractivity contribution is 0.189. The summed E-state index contributed by atoms with van der Waals surface area (Å²) in [5.41, 5.74) is 1.05. The third-order valence-corrected chi connectivity index (χ3v) is 2.33. The zero-order valence-corrected chi connectivity index (χ0v) is 8.20. The van der Waals surface area contributed by atoms with E-state index in [2.05, 4.69) is 12.2 Å². The third-order valence-electron chi connectivity index (χ3n) is 2.33. The lowest BCUT2D eigenvalue weighted by atomic mass is 9.92. The van der Waals surface area contributed by atoms with E-state index in [-0.39, 0.29) is 6.61 Å². The molecule has 1 aliphatic carbocycles. The lowest BCUT2D eigenvalue weighted by Crippen LogP contribution is -2.04. The molecule has 2 heteroatoms. The van der Waals surface area contributed by atoms with Crippen LogP contribution in [0.25, 0.3) is 0 Å². The summed E-state index contributed by atoms with van der Waals surface area (Å²) in [7, 11) is 1.73. The van der Waals surface area contributed by atoms with Gasteiger partial charge in [-0.05, 0) is 30.8 Å². The predicted molar refractivity (Wildman–Crippen MR) is 53.5 cm³/mol. The molecule has 0 aromatic rings. The quantitative estimate of drug-likeness (QED) is 0.658. The number of rotatable bonds is 5. The average Bonchev–Trinajstić information content (AvgIpc) is 2.19. The van der Waals surface area contributed by atoms with Gasteiger partial charge >= 0.3 is 0 Å². The van der Waals surface area contributed by atoms with Gasteiger partial charge in [-0.3, -0.25) is 0 Å². The Bertz CT molecular complexity index is 194. The number of hydrogen-bond donors (Lipinski definition) is 1. The van der Waals surface area contributed by atoms with Crippen molar-refractivity contribution in [1.29, 1.82) is 0 Å². The Kier molecular flexibility index (Phi) is 4.79. The smallest absolute Gasteiger partial charge is 0.0678 e. The molecule has 0 fully saturated rings. The molecule has 0 saturated heterocycles. The van der Waals surface area contributed by atoms with Gasteiger partial charge in [-0.2, -0.15) is 0 Å². The fourth-order valence-corrected chi connectivity index (χ4v) is 1.62. The van der Waals surface area contributed by atoms with E-state index in [9.17, 15) is 0 Å². The first-order valence-electron chi connectivity index (χ1n) is 4.84. The highest BCUT2D eigenvalue weighted by Gasteiger charge is 2.08. The number of hydrogen-bond acceptors (Lipinski definition) is 2. The van der Waals surface area contributed by atoms with Gasteiger partial charge in [0.25, 0.3) is 0 Å². The van der Waals surface area contributed by atoms with Crippen molar-refractivity contribution in [3.05, 3.63) is 23.8 Å². The Labute approximate surface area is 79.9 Å². The maximum atomic E-state index is 8.94. The molecule has 1 unspecified atom stereocenters. The van der Waals surface area contributed by atoms with E-state index >= 15 is 0 Å². The van der Waals surface area contributed by atoms with Crippen LogP contribution in [-0.4, -0.2) is 25.4 Å². The van der Waals surface area contributed by atoms with Crippen LogP contribution in [0.15, 0.2) is 23.8 Å². The van der Waals surface area contributed by atoms with Crippen molar-refractivity contribution < 1.29 is 9.84 Å². The maximum Gasteiger partial charge on any atom is 0.0678 e. The van der Waals surface area contributed by atoms with Crippen LogP contribution >= 0.6 is 0 Å². The second-order valence-electron chi connectivity index (χ2n) is 3.43. The zero-order valence-electron chi connectivity index (χ0n) is 8.20. The lowest BCUT2D eigenvalue weighted by Gasteiger charge is -2.15. The fraction of sp³-hybridized carbons (Fsp3) is 0.636. The number of methoxy groups -OCH3 is 1. The first-order chi connectivity index (χ1) is 6.36. The van der Waals surface area contributed by atoms with Crippen molar-refractivity contribution in [2.45, 2.75) is 19.3 Å². The Morgan fingerprint density at radius 1 is 1.62 bits per heavy atom. The molecule has 74 valence electrons. The molecule has 1 rings (SSSR count). The molecule has 0 aromatic carbocycles. The molecule has 1 N–H and O–H groups in total. The summed E-state index contributed by atoms with van der Waals surface area (Å²) >= 11 is 0. The molecule has 1 atom stereocenters. The summed E-state index contributed by atoms with van der Waals surface area (Å²) in [6.45, 7) is 1.000. The van der Waals surface area contributed by atoms with Crippen LogP contribution in [0.3, 0.4) is 0 Å². The van der Waals surface area contributed by atoms with Gasteiger partial charge in [0.15, 0.2) is 0 Å². The van der Waals surface area contributed by atoms with Crippen LogP contribution in [0, 0.1) is 5.92 Å². The minimum absolute atomic E-state index is 0.164. The van der Waals surface area contributed by atoms with E-state index < -0.39 is 0 Å². The molecular weight excluding hydrogens is 164 g/mol. The molecule has 2 nitrogen and oxygen atoms in total. The van der Waals surface area contributed by atoms with Gasteiger partial charge in [0.1, 0.15) is 0 Å². The Balaban J connectivity index is 2.27. The highest BCUT2D eigenvalue weighted by molar-refractivity contribution is 5.23. The van der Waals surface area contributed by atoms with Crippen LogP contribution in [0.2, 0.25) is 0 Å². The van der Waals surface area contributed by atoms with Crippen molar-refractivity contribution >= 4 is 0 Å². The highest BCUT2D eigenvalue weighted by Crippen LogP contribution is 2.20. The van der Waals surface area contributed by atoms with Gasteiger partial charge < -0.3 is 9.84 Å². The van der Waals surface area contributed by atoms with Crippen LogP contribution in [0.1, 0.15) is 19.3 Å². The zero-order chi connectivity index (χ0) is 9.52. The number of ether oxygens (including phenoxy) is 1. The van der Waals surface area contributed by atoms with E-state index in [0.29, 0.717) is 5.92 Å². The molecule has 13 heavy (non-hydrogen) atoms. The topological polar surface area (TPSA) is 29.5 Å². The minimum Gasteiger partial charge on any atom is -0.392 e. The van der Waals surface area contributed by atoms with Crippen molar-refractivity contribution in [3.8, 4) is 0 Å². The van der Waals surface area contributed by atoms with Gasteiger partial charge in [0.2, 0.25) is 0 Å². The van der Waals surface area contributed by atoms with Crippen LogP contribution in [-0.2, 0) is 4.74 Å². The van der Waals surface area contributed by atoms with Crippen LogP contribution < -0.4 is 0 Å². The van der Waals surface area contributed by atoms with E-state index in [4.69, 9.17) is 9.84 Å². The molecule has 1 aliphatic rings. The SMILES string of the molecule is COCCCC1C=C(CO)C=CC1. The van der Waals surface area contributed by atoms with Gasteiger partial charge in [-0.25, -0.2) is 0 Å². The molecule has 0 amide bonds. The number of aliphatic hydroxyl groups is 1. The van der Waals surface area contributed by atoms with Gasteiger partial charge in [0, 0.05) is 13.7 Å². The van der Waals surface area contributed by atoms with Gasteiger partial charge in [0.05, 0.1) is 6.61 Å². The first-order valence-corrected chi connectivity index (χ1v) is 4.84. The van der Waals surface area contributed by atoms with Gasteiger partial charge in [-0.15, -0.1) is 0 Å². The van der Waals surface area contributed by atoms with Crippen molar-refractivity contribution in [2.24, 2.45) is 5.92 Å². The maximum absolute atomic E-state index is 8.94. The highest BCUT2D eigenvalue weighted by atomic mass is 16.5. The first kappa shape index (κ1) is 10.5. The fourth-order valence-electron chi connectivity index (χ4n) is 1.62. The number of aliphatic hydroxyl groups excluding tert-OH is 1. The molecular formula is C11H18O2. The van der Waals surface area contributed by atoms with Crippen molar-refractivity contribution in [1.82, 2.24) is 0 Å². The molecule has 0 saturated carbocycles. The normalized spacial score (nSPS) is 21.7. The Morgan fingerprint density at radius 2 is 2.46 bits per heavy atom. The molecule has 0 aromatic heterocycles. The summed E-state index contributed by atoms with van der Waals surface area (Å²) < 4.78 is 5.00. The summed E-state index contributed by atoms with van der Waals surface area (Å²) in [6, 6.07) is 0. The molecule has 0 aliphatic heterocycles. The average molecular weight is 182 g/mol. The van der Waals surface area contributed by atoms with Crippen LogP contribution in [0.4, 0.5) is 0 Å². The Hall–Kier alpha value is -0.600. The summed E-state index contributed by atoms with van der Waals surface area (Å²) in [4.78, 5) is 0. The van der Waals surface area contributed by atoms with E-state index in [1.807, 2.05) is 6.08 Å². The van der Waals surface area contributed by atoms with Crippen molar-refractivity contribution in [2.75, 3.05) is 20.3 Å². The molecule has 0 heterocycles. The van der Waals surface area contributed by atoms with E-state index in [1.165, 1.54) is 0 Å². The van der Waals surface area contributed by atoms with Crippen molar-refractivity contribution in [3.63, 3.8) is 0 Å².